The lowest BCUT2D eigenvalue weighted by Gasteiger charge is -2.31. The highest BCUT2D eigenvalue weighted by Gasteiger charge is 2.27. The number of amides is 1. The molecule has 1 unspecified atom stereocenters. The third-order valence-electron chi connectivity index (χ3n) is 3.62. The summed E-state index contributed by atoms with van der Waals surface area (Å²) in [6, 6.07) is 7.76. The third-order valence-corrected chi connectivity index (χ3v) is 3.87. The first-order chi connectivity index (χ1) is 8.00. The fraction of sp³-hybridized carbons (Fsp3) is 0.357. The zero-order valence-corrected chi connectivity index (χ0v) is 11.1. The van der Waals surface area contributed by atoms with Crippen molar-refractivity contribution < 1.29 is 4.79 Å². The summed E-state index contributed by atoms with van der Waals surface area (Å²) < 4.78 is 0. The van der Waals surface area contributed by atoms with Crippen LogP contribution in [0.1, 0.15) is 31.7 Å². The van der Waals surface area contributed by atoms with Crippen LogP contribution in [0.2, 0.25) is 5.02 Å². The van der Waals surface area contributed by atoms with Gasteiger partial charge in [0.25, 0.3) is 0 Å². The summed E-state index contributed by atoms with van der Waals surface area (Å²) in [6.07, 6.45) is 0.543. The molecule has 2 rings (SSSR count). The van der Waals surface area contributed by atoms with Gasteiger partial charge in [0, 0.05) is 30.1 Å². The summed E-state index contributed by atoms with van der Waals surface area (Å²) in [5.41, 5.74) is 3.48. The smallest absolute Gasteiger partial charge is 0.227 e. The van der Waals surface area contributed by atoms with Gasteiger partial charge >= 0.3 is 0 Å². The van der Waals surface area contributed by atoms with Gasteiger partial charge < -0.3 is 4.90 Å². The Balaban J connectivity index is 2.40. The Hall–Kier alpha value is -1.28. The Morgan fingerprint density at radius 1 is 1.24 bits per heavy atom. The predicted molar refractivity (Wildman–Crippen MR) is 70.0 cm³/mol. The number of nitrogens with zero attached hydrogens (tertiary/aromatic N) is 1. The minimum atomic E-state index is 0.174. The highest BCUT2D eigenvalue weighted by molar-refractivity contribution is 6.30. The summed E-state index contributed by atoms with van der Waals surface area (Å²) >= 11 is 5.88. The average Bonchev–Trinajstić information content (AvgIpc) is 2.32. The van der Waals surface area contributed by atoms with Crippen LogP contribution in [0, 0.1) is 0 Å². The molecule has 3 heteroatoms. The van der Waals surface area contributed by atoms with Gasteiger partial charge in [0.05, 0.1) is 0 Å². The summed E-state index contributed by atoms with van der Waals surface area (Å²) in [5, 5.41) is 0.728. The number of benzene rings is 1. The first-order valence-electron chi connectivity index (χ1n) is 5.70. The van der Waals surface area contributed by atoms with Crippen molar-refractivity contribution in [3.05, 3.63) is 46.1 Å². The summed E-state index contributed by atoms with van der Waals surface area (Å²) in [5.74, 6) is 0.365. The second-order valence-corrected chi connectivity index (χ2v) is 4.97. The molecule has 90 valence electrons. The minimum Gasteiger partial charge on any atom is -0.320 e. The molecule has 1 aromatic carbocycles. The van der Waals surface area contributed by atoms with E-state index in [4.69, 9.17) is 11.6 Å². The van der Waals surface area contributed by atoms with E-state index < -0.39 is 0 Å². The van der Waals surface area contributed by atoms with E-state index >= 15 is 0 Å². The highest BCUT2D eigenvalue weighted by atomic mass is 35.5. The largest absolute Gasteiger partial charge is 0.320 e. The molecule has 1 aromatic rings. The van der Waals surface area contributed by atoms with Crippen molar-refractivity contribution in [2.75, 3.05) is 7.05 Å². The Morgan fingerprint density at radius 2 is 1.82 bits per heavy atom. The van der Waals surface area contributed by atoms with Gasteiger partial charge in [-0.1, -0.05) is 23.7 Å². The van der Waals surface area contributed by atoms with Crippen molar-refractivity contribution in [2.24, 2.45) is 0 Å². The van der Waals surface area contributed by atoms with Gasteiger partial charge in [-0.2, -0.15) is 0 Å². The molecule has 0 aromatic heterocycles. The maximum absolute atomic E-state index is 11.9. The number of rotatable bonds is 1. The first kappa shape index (κ1) is 12.2. The minimum absolute atomic E-state index is 0.174. The van der Waals surface area contributed by atoms with E-state index in [9.17, 15) is 4.79 Å². The van der Waals surface area contributed by atoms with Crippen molar-refractivity contribution in [2.45, 2.75) is 26.2 Å². The molecule has 0 aliphatic carbocycles. The van der Waals surface area contributed by atoms with Crippen LogP contribution >= 0.6 is 11.6 Å². The van der Waals surface area contributed by atoms with Crippen LogP contribution in [-0.4, -0.2) is 17.9 Å². The topological polar surface area (TPSA) is 20.3 Å². The Bertz CT molecular complexity index is 476. The van der Waals surface area contributed by atoms with Gasteiger partial charge in [-0.3, -0.25) is 4.79 Å². The van der Waals surface area contributed by atoms with Gasteiger partial charge in [-0.05, 0) is 37.1 Å². The summed E-state index contributed by atoms with van der Waals surface area (Å²) in [7, 11) is 1.83. The molecule has 0 radical (unpaired) electrons. The van der Waals surface area contributed by atoms with E-state index in [1.807, 2.05) is 38.2 Å². The van der Waals surface area contributed by atoms with Crippen LogP contribution in [0.3, 0.4) is 0 Å². The van der Waals surface area contributed by atoms with Crippen LogP contribution < -0.4 is 0 Å². The van der Waals surface area contributed by atoms with Crippen LogP contribution in [0.4, 0.5) is 0 Å². The maximum atomic E-state index is 11.9. The summed E-state index contributed by atoms with van der Waals surface area (Å²) in [4.78, 5) is 13.6. The van der Waals surface area contributed by atoms with Crippen molar-refractivity contribution in [1.82, 2.24) is 4.90 Å². The number of allylic oxidation sites excluding steroid dienone is 2. The number of carbonyl (C=O) groups excluding carboxylic acids is 1. The molecule has 0 spiro atoms. The molecular formula is C14H16ClNO. The van der Waals surface area contributed by atoms with Gasteiger partial charge in [0.2, 0.25) is 5.91 Å². The number of halogens is 1. The molecule has 0 saturated carbocycles. The van der Waals surface area contributed by atoms with E-state index in [1.165, 1.54) is 5.57 Å². The summed E-state index contributed by atoms with van der Waals surface area (Å²) in [6.45, 7) is 4.09. The first-order valence-corrected chi connectivity index (χ1v) is 6.08. The highest BCUT2D eigenvalue weighted by Crippen LogP contribution is 2.35. The quantitative estimate of drug-likeness (QED) is 0.745. The molecule has 1 heterocycles. The second-order valence-electron chi connectivity index (χ2n) is 4.53. The molecule has 0 saturated heterocycles. The SMILES string of the molecule is CC1=C(C)N(C)C(=O)CC1c1ccc(Cl)cc1. The maximum Gasteiger partial charge on any atom is 0.227 e. The fourth-order valence-corrected chi connectivity index (χ4v) is 2.36. The van der Waals surface area contributed by atoms with Gasteiger partial charge in [0.15, 0.2) is 0 Å². The standard InChI is InChI=1S/C14H16ClNO/c1-9-10(2)16(3)14(17)8-13(9)11-4-6-12(15)7-5-11/h4-7,13H,8H2,1-3H3. The lowest BCUT2D eigenvalue weighted by Crippen LogP contribution is -2.32. The van der Waals surface area contributed by atoms with Gasteiger partial charge in [0.1, 0.15) is 0 Å². The third kappa shape index (κ3) is 2.22. The van der Waals surface area contributed by atoms with Crippen molar-refractivity contribution >= 4 is 17.5 Å². The Labute approximate surface area is 107 Å². The Morgan fingerprint density at radius 3 is 2.41 bits per heavy atom. The lowest BCUT2D eigenvalue weighted by atomic mass is 9.85. The van der Waals surface area contributed by atoms with E-state index in [1.54, 1.807) is 4.90 Å². The van der Waals surface area contributed by atoms with Crippen LogP contribution in [-0.2, 0) is 4.79 Å². The van der Waals surface area contributed by atoms with E-state index in [0.29, 0.717) is 6.42 Å². The number of hydrogen-bond acceptors (Lipinski definition) is 1. The van der Waals surface area contributed by atoms with E-state index in [2.05, 4.69) is 6.92 Å². The van der Waals surface area contributed by atoms with Crippen molar-refractivity contribution in [3.63, 3.8) is 0 Å². The molecule has 0 N–H and O–H groups in total. The number of hydrogen-bond donors (Lipinski definition) is 0. The average molecular weight is 250 g/mol. The van der Waals surface area contributed by atoms with Crippen LogP contribution in [0.25, 0.3) is 0 Å². The molecule has 0 bridgehead atoms. The normalized spacial score (nSPS) is 21.1. The van der Waals surface area contributed by atoms with Gasteiger partial charge in [-0.15, -0.1) is 0 Å². The molecule has 1 aliphatic heterocycles. The van der Waals surface area contributed by atoms with Crippen LogP contribution in [0.15, 0.2) is 35.5 Å². The zero-order chi connectivity index (χ0) is 12.6. The predicted octanol–water partition coefficient (Wildman–Crippen LogP) is 3.58. The molecule has 1 atom stereocenters. The van der Waals surface area contributed by atoms with Crippen molar-refractivity contribution in [1.29, 1.82) is 0 Å². The molecule has 2 nitrogen and oxygen atoms in total. The Kier molecular flexibility index (Phi) is 3.25. The molecule has 1 aliphatic rings. The monoisotopic (exact) mass is 249 g/mol. The van der Waals surface area contributed by atoms with E-state index in [0.717, 1.165) is 16.3 Å². The van der Waals surface area contributed by atoms with Crippen LogP contribution in [0.5, 0.6) is 0 Å². The number of carbonyl (C=O) groups is 1. The van der Waals surface area contributed by atoms with Gasteiger partial charge in [-0.25, -0.2) is 0 Å². The van der Waals surface area contributed by atoms with Crippen molar-refractivity contribution in [3.8, 4) is 0 Å². The second kappa shape index (κ2) is 4.53. The molecule has 1 amide bonds. The zero-order valence-electron chi connectivity index (χ0n) is 10.3. The van der Waals surface area contributed by atoms with E-state index in [-0.39, 0.29) is 11.8 Å². The lowest BCUT2D eigenvalue weighted by molar-refractivity contribution is -0.129. The molecular weight excluding hydrogens is 234 g/mol. The molecule has 17 heavy (non-hydrogen) atoms. The fourth-order valence-electron chi connectivity index (χ4n) is 2.23. The molecule has 0 fully saturated rings.